The average Bonchev–Trinajstić information content (AvgIpc) is 2.67. The van der Waals surface area contributed by atoms with Crippen LogP contribution < -0.4 is 19.8 Å². The molecule has 0 saturated heterocycles. The fourth-order valence-electron chi connectivity index (χ4n) is 2.54. The van der Waals surface area contributed by atoms with Crippen molar-refractivity contribution >= 4 is 23.5 Å². The number of nitro benzene ring substituents is 1. The number of nitrogens with one attached hydrogen (secondary N) is 1. The van der Waals surface area contributed by atoms with E-state index in [-0.39, 0.29) is 12.3 Å². The molecule has 9 nitrogen and oxygen atoms in total. The highest BCUT2D eigenvalue weighted by atomic mass is 16.6. The van der Waals surface area contributed by atoms with Crippen molar-refractivity contribution in [1.29, 1.82) is 0 Å². The first-order chi connectivity index (χ1) is 13.0. The molecule has 1 N–H and O–H groups in total. The minimum atomic E-state index is -0.831. The maximum atomic E-state index is 12.2. The second-order valence-electron chi connectivity index (χ2n) is 6.00. The summed E-state index contributed by atoms with van der Waals surface area (Å²) in [6.45, 7) is 0.0708. The molecule has 2 aromatic rings. The number of fused-ring (bicyclic) bond motifs is 1. The number of carbonyl (C=O) groups is 1. The molecule has 0 aliphatic carbocycles. The molecule has 1 aliphatic rings. The topological polar surface area (TPSA) is 106 Å². The van der Waals surface area contributed by atoms with Crippen LogP contribution in [0.4, 0.5) is 11.4 Å². The molecule has 3 rings (SSSR count). The van der Waals surface area contributed by atoms with Gasteiger partial charge in [0, 0.05) is 25.7 Å². The number of carbonyl (C=O) groups excluding carboxylic acids is 1. The molecule has 0 bridgehead atoms. The van der Waals surface area contributed by atoms with Gasteiger partial charge in [0.1, 0.15) is 12.3 Å². The summed E-state index contributed by atoms with van der Waals surface area (Å²) in [5.74, 6) is 0.598. The van der Waals surface area contributed by atoms with E-state index in [1.807, 2.05) is 6.07 Å². The van der Waals surface area contributed by atoms with Gasteiger partial charge in [-0.15, -0.1) is 0 Å². The van der Waals surface area contributed by atoms with Crippen LogP contribution in [-0.4, -0.2) is 43.9 Å². The van der Waals surface area contributed by atoms with Crippen LogP contribution >= 0.6 is 0 Å². The molecule has 1 atom stereocenters. The molecule has 0 saturated carbocycles. The highest BCUT2D eigenvalue weighted by Crippen LogP contribution is 2.31. The van der Waals surface area contributed by atoms with Crippen molar-refractivity contribution < 1.29 is 19.2 Å². The number of ether oxygens (including phenoxy) is 2. The number of anilines is 1. The Bertz CT molecular complexity index is 897. The quantitative estimate of drug-likeness (QED) is 0.490. The van der Waals surface area contributed by atoms with Crippen molar-refractivity contribution in [2.45, 2.75) is 6.10 Å². The zero-order chi connectivity index (χ0) is 19.4. The highest BCUT2D eigenvalue weighted by Gasteiger charge is 2.27. The SMILES string of the molecule is CN(C)c1ccc(/C=N\NC(=O)[C@H]2COc3ccccc3O2)cc1[N+](=O)[O-]. The van der Waals surface area contributed by atoms with Crippen molar-refractivity contribution in [2.24, 2.45) is 5.10 Å². The van der Waals surface area contributed by atoms with E-state index in [1.54, 1.807) is 49.3 Å². The van der Waals surface area contributed by atoms with Crippen molar-refractivity contribution in [3.63, 3.8) is 0 Å². The first-order valence-corrected chi connectivity index (χ1v) is 8.13. The van der Waals surface area contributed by atoms with Crippen LogP contribution in [0.15, 0.2) is 47.6 Å². The standard InChI is InChI=1S/C18H18N4O5/c1-21(2)13-8-7-12(9-14(13)22(24)25)10-19-20-18(23)17-11-26-15-5-3-4-6-16(15)27-17/h3-10,17H,11H2,1-2H3,(H,20,23)/b19-10-/t17-/m1/s1. The number of rotatable bonds is 5. The van der Waals surface area contributed by atoms with Crippen LogP contribution in [0, 0.1) is 10.1 Å². The Kier molecular flexibility index (Phi) is 5.20. The van der Waals surface area contributed by atoms with Crippen LogP contribution in [0.1, 0.15) is 5.56 Å². The van der Waals surface area contributed by atoms with E-state index in [1.165, 1.54) is 12.3 Å². The van der Waals surface area contributed by atoms with Crippen molar-refractivity contribution in [2.75, 3.05) is 25.6 Å². The lowest BCUT2D eigenvalue weighted by atomic mass is 10.2. The molecule has 0 unspecified atom stereocenters. The third kappa shape index (κ3) is 4.14. The number of para-hydroxylation sites is 2. The number of nitrogens with zero attached hydrogens (tertiary/aromatic N) is 3. The van der Waals surface area contributed by atoms with Gasteiger partial charge in [-0.3, -0.25) is 14.9 Å². The molecule has 0 fully saturated rings. The maximum Gasteiger partial charge on any atom is 0.293 e. The van der Waals surface area contributed by atoms with Crippen molar-refractivity contribution in [3.8, 4) is 11.5 Å². The predicted molar refractivity (Wildman–Crippen MR) is 99.5 cm³/mol. The Morgan fingerprint density at radius 3 is 2.74 bits per heavy atom. The monoisotopic (exact) mass is 370 g/mol. The smallest absolute Gasteiger partial charge is 0.293 e. The summed E-state index contributed by atoms with van der Waals surface area (Å²) < 4.78 is 11.1. The maximum absolute atomic E-state index is 12.2. The number of amides is 1. The van der Waals surface area contributed by atoms with E-state index < -0.39 is 16.9 Å². The molecule has 0 aromatic heterocycles. The van der Waals surface area contributed by atoms with Gasteiger partial charge in [0.25, 0.3) is 11.6 Å². The van der Waals surface area contributed by atoms with Crippen LogP contribution in [0.2, 0.25) is 0 Å². The predicted octanol–water partition coefficient (Wildman–Crippen LogP) is 1.95. The van der Waals surface area contributed by atoms with Crippen molar-refractivity contribution in [1.82, 2.24) is 5.43 Å². The third-order valence-corrected chi connectivity index (χ3v) is 3.87. The summed E-state index contributed by atoms with van der Waals surface area (Å²) in [4.78, 5) is 24.6. The molecule has 0 spiro atoms. The zero-order valence-electron chi connectivity index (χ0n) is 14.8. The van der Waals surface area contributed by atoms with E-state index in [0.29, 0.717) is 22.7 Å². The zero-order valence-corrected chi connectivity index (χ0v) is 14.8. The van der Waals surface area contributed by atoms with E-state index in [4.69, 9.17) is 9.47 Å². The normalized spacial score (nSPS) is 15.4. The fraction of sp³-hybridized carbons (Fsp3) is 0.222. The number of hydrazone groups is 1. The van der Waals surface area contributed by atoms with E-state index in [2.05, 4.69) is 10.5 Å². The number of nitro groups is 1. The van der Waals surface area contributed by atoms with Crippen molar-refractivity contribution in [3.05, 3.63) is 58.1 Å². The molecular weight excluding hydrogens is 352 g/mol. The molecule has 1 amide bonds. The number of hydrogen-bond donors (Lipinski definition) is 1. The molecule has 140 valence electrons. The molecular formula is C18H18N4O5. The number of hydrogen-bond acceptors (Lipinski definition) is 7. The summed E-state index contributed by atoms with van der Waals surface area (Å²) in [5, 5.41) is 15.1. The Labute approximate surface area is 155 Å². The molecule has 2 aromatic carbocycles. The Morgan fingerprint density at radius 1 is 1.30 bits per heavy atom. The minimum Gasteiger partial charge on any atom is -0.485 e. The Balaban J connectivity index is 1.65. The van der Waals surface area contributed by atoms with Gasteiger partial charge in [0.15, 0.2) is 11.5 Å². The van der Waals surface area contributed by atoms with Crippen LogP contribution in [0.5, 0.6) is 11.5 Å². The van der Waals surface area contributed by atoms with Gasteiger partial charge >= 0.3 is 0 Å². The Morgan fingerprint density at radius 2 is 2.04 bits per heavy atom. The second-order valence-corrected chi connectivity index (χ2v) is 6.00. The largest absolute Gasteiger partial charge is 0.485 e. The van der Waals surface area contributed by atoms with Gasteiger partial charge in [-0.2, -0.15) is 5.10 Å². The van der Waals surface area contributed by atoms with E-state index >= 15 is 0 Å². The van der Waals surface area contributed by atoms with Gasteiger partial charge in [0.05, 0.1) is 11.1 Å². The summed E-state index contributed by atoms with van der Waals surface area (Å²) >= 11 is 0. The fourth-order valence-corrected chi connectivity index (χ4v) is 2.54. The van der Waals surface area contributed by atoms with Crippen LogP contribution in [0.3, 0.4) is 0 Å². The van der Waals surface area contributed by atoms with E-state index in [9.17, 15) is 14.9 Å². The second kappa shape index (κ2) is 7.73. The first-order valence-electron chi connectivity index (χ1n) is 8.13. The first kappa shape index (κ1) is 18.2. The Hall–Kier alpha value is -3.62. The van der Waals surface area contributed by atoms with Gasteiger partial charge < -0.3 is 14.4 Å². The third-order valence-electron chi connectivity index (χ3n) is 3.87. The van der Waals surface area contributed by atoms with Gasteiger partial charge in [-0.1, -0.05) is 18.2 Å². The lowest BCUT2D eigenvalue weighted by Gasteiger charge is -2.24. The van der Waals surface area contributed by atoms with Gasteiger partial charge in [0.2, 0.25) is 6.10 Å². The summed E-state index contributed by atoms with van der Waals surface area (Å²) in [5.41, 5.74) is 3.28. The minimum absolute atomic E-state index is 0.0455. The average molecular weight is 370 g/mol. The highest BCUT2D eigenvalue weighted by molar-refractivity contribution is 5.86. The lowest BCUT2D eigenvalue weighted by molar-refractivity contribution is -0.384. The summed E-state index contributed by atoms with van der Waals surface area (Å²) in [6.07, 6.45) is 0.504. The molecule has 9 heteroatoms. The molecule has 0 radical (unpaired) electrons. The molecule has 1 heterocycles. The molecule has 1 aliphatic heterocycles. The number of benzene rings is 2. The summed E-state index contributed by atoms with van der Waals surface area (Å²) in [7, 11) is 3.45. The lowest BCUT2D eigenvalue weighted by Crippen LogP contribution is -2.42. The van der Waals surface area contributed by atoms with E-state index in [0.717, 1.165) is 0 Å². The van der Waals surface area contributed by atoms with Gasteiger partial charge in [-0.25, -0.2) is 5.43 Å². The van der Waals surface area contributed by atoms with Crippen LogP contribution in [0.25, 0.3) is 0 Å². The summed E-state index contributed by atoms with van der Waals surface area (Å²) in [6, 6.07) is 11.8. The molecule has 27 heavy (non-hydrogen) atoms. The van der Waals surface area contributed by atoms with Crippen LogP contribution in [-0.2, 0) is 4.79 Å². The van der Waals surface area contributed by atoms with Gasteiger partial charge in [-0.05, 0) is 18.2 Å².